The van der Waals surface area contributed by atoms with E-state index in [2.05, 4.69) is 15.8 Å². The van der Waals surface area contributed by atoms with Crippen LogP contribution in [0.1, 0.15) is 26.3 Å². The highest BCUT2D eigenvalue weighted by Crippen LogP contribution is 2.16. The lowest BCUT2D eigenvalue weighted by atomic mass is 10.2. The number of ether oxygens (including phenoxy) is 2. The molecule has 3 rings (SSSR count). The van der Waals surface area contributed by atoms with Crippen LogP contribution in [0.3, 0.4) is 0 Å². The van der Waals surface area contributed by atoms with E-state index in [9.17, 15) is 18.8 Å². The van der Waals surface area contributed by atoms with Crippen molar-refractivity contribution in [3.8, 4) is 11.5 Å². The van der Waals surface area contributed by atoms with Gasteiger partial charge in [-0.1, -0.05) is 0 Å². The summed E-state index contributed by atoms with van der Waals surface area (Å²) in [6.45, 7) is -0.298. The van der Waals surface area contributed by atoms with E-state index in [1.807, 2.05) is 0 Å². The van der Waals surface area contributed by atoms with E-state index in [4.69, 9.17) is 9.47 Å². The Kier molecular flexibility index (Phi) is 7.85. The maximum absolute atomic E-state index is 12.9. The minimum Gasteiger partial charge on any atom is -0.497 e. The number of hydrogen-bond donors (Lipinski definition) is 2. The number of esters is 1. The zero-order valence-corrected chi connectivity index (χ0v) is 17.6. The Hall–Kier alpha value is -4.53. The summed E-state index contributed by atoms with van der Waals surface area (Å²) in [5.74, 6) is -1.02. The van der Waals surface area contributed by atoms with Crippen LogP contribution >= 0.6 is 0 Å². The van der Waals surface area contributed by atoms with Gasteiger partial charge in [0.25, 0.3) is 11.8 Å². The first-order valence-electron chi connectivity index (χ1n) is 9.76. The second-order valence-corrected chi connectivity index (χ2v) is 6.67. The third-order valence-electron chi connectivity index (χ3n) is 4.34. The van der Waals surface area contributed by atoms with Gasteiger partial charge >= 0.3 is 5.97 Å². The number of amides is 2. The van der Waals surface area contributed by atoms with Gasteiger partial charge in [-0.25, -0.2) is 14.6 Å². The first-order chi connectivity index (χ1) is 15.9. The second kappa shape index (κ2) is 11.2. The van der Waals surface area contributed by atoms with Crippen LogP contribution in [0.25, 0.3) is 0 Å². The fourth-order valence-electron chi connectivity index (χ4n) is 2.60. The topological polar surface area (TPSA) is 106 Å². The van der Waals surface area contributed by atoms with Gasteiger partial charge in [0.05, 0.1) is 25.4 Å². The number of halogens is 1. The molecule has 33 heavy (non-hydrogen) atoms. The summed E-state index contributed by atoms with van der Waals surface area (Å²) in [5, 5.41) is 6.22. The first-order valence-corrected chi connectivity index (χ1v) is 9.76. The zero-order valence-electron chi connectivity index (χ0n) is 17.6. The van der Waals surface area contributed by atoms with Crippen LogP contribution in [0.15, 0.2) is 77.9 Å². The maximum atomic E-state index is 12.9. The van der Waals surface area contributed by atoms with Crippen molar-refractivity contribution in [1.29, 1.82) is 0 Å². The summed E-state index contributed by atoms with van der Waals surface area (Å²) >= 11 is 0. The Morgan fingerprint density at radius 3 is 2.12 bits per heavy atom. The maximum Gasteiger partial charge on any atom is 0.343 e. The van der Waals surface area contributed by atoms with Gasteiger partial charge in [-0.05, 0) is 78.4 Å². The van der Waals surface area contributed by atoms with E-state index in [-0.39, 0.29) is 12.1 Å². The molecule has 9 heteroatoms. The molecule has 0 atom stereocenters. The molecule has 168 valence electrons. The van der Waals surface area contributed by atoms with Crippen molar-refractivity contribution in [2.45, 2.75) is 0 Å². The van der Waals surface area contributed by atoms with Crippen molar-refractivity contribution in [2.75, 3.05) is 13.7 Å². The normalized spacial score (nSPS) is 10.5. The molecule has 0 spiro atoms. The lowest BCUT2D eigenvalue weighted by Gasteiger charge is -2.06. The number of carbonyl (C=O) groups excluding carboxylic acids is 3. The van der Waals surface area contributed by atoms with Crippen molar-refractivity contribution >= 4 is 24.0 Å². The number of nitrogens with one attached hydrogen (secondary N) is 2. The third-order valence-corrected chi connectivity index (χ3v) is 4.34. The predicted octanol–water partition coefficient (Wildman–Crippen LogP) is 2.93. The molecule has 0 aliphatic rings. The largest absolute Gasteiger partial charge is 0.497 e. The minimum atomic E-state index is -0.535. The molecule has 3 aromatic rings. The summed E-state index contributed by atoms with van der Waals surface area (Å²) in [6, 6.07) is 18.0. The van der Waals surface area contributed by atoms with Crippen molar-refractivity contribution in [3.63, 3.8) is 0 Å². The molecule has 0 aromatic heterocycles. The van der Waals surface area contributed by atoms with Crippen LogP contribution < -0.4 is 20.2 Å². The van der Waals surface area contributed by atoms with Gasteiger partial charge in [0.2, 0.25) is 0 Å². The van der Waals surface area contributed by atoms with Crippen LogP contribution in [-0.2, 0) is 4.79 Å². The molecule has 3 aromatic carbocycles. The second-order valence-electron chi connectivity index (χ2n) is 6.67. The average molecular weight is 449 g/mol. The standard InChI is InChI=1S/C24H20FN3O5/c1-32-20-12-6-18(7-13-20)24(31)33-21-10-2-16(3-11-21)14-27-28-22(29)15-26-23(30)17-4-8-19(25)9-5-17/h2-14H,15H2,1H3,(H,26,30)(H,28,29)/b27-14-. The molecule has 0 fully saturated rings. The van der Waals surface area contributed by atoms with Gasteiger partial charge in [0, 0.05) is 5.56 Å². The highest BCUT2D eigenvalue weighted by Gasteiger charge is 2.09. The summed E-state index contributed by atoms with van der Waals surface area (Å²) < 4.78 is 23.2. The average Bonchev–Trinajstić information content (AvgIpc) is 2.84. The molecule has 0 saturated carbocycles. The molecule has 0 radical (unpaired) electrons. The summed E-state index contributed by atoms with van der Waals surface area (Å²) in [7, 11) is 1.54. The summed E-state index contributed by atoms with van der Waals surface area (Å²) in [5.41, 5.74) is 3.55. The zero-order chi connectivity index (χ0) is 23.6. The third kappa shape index (κ3) is 7.00. The van der Waals surface area contributed by atoms with Crippen molar-refractivity contribution < 1.29 is 28.2 Å². The molecule has 0 saturated heterocycles. The molecule has 0 heterocycles. The van der Waals surface area contributed by atoms with Gasteiger partial charge in [-0.15, -0.1) is 0 Å². The Balaban J connectivity index is 1.44. The van der Waals surface area contributed by atoms with Gasteiger partial charge in [-0.2, -0.15) is 5.10 Å². The molecule has 0 aliphatic heterocycles. The summed E-state index contributed by atoms with van der Waals surface area (Å²) in [4.78, 5) is 35.9. The molecule has 8 nitrogen and oxygen atoms in total. The van der Waals surface area contributed by atoms with Crippen molar-refractivity contribution in [3.05, 3.63) is 95.3 Å². The number of nitrogens with zero attached hydrogens (tertiary/aromatic N) is 1. The molecule has 0 aliphatic carbocycles. The van der Waals surface area contributed by atoms with Crippen LogP contribution in [0.4, 0.5) is 4.39 Å². The lowest BCUT2D eigenvalue weighted by molar-refractivity contribution is -0.120. The number of methoxy groups -OCH3 is 1. The van der Waals surface area contributed by atoms with Crippen LogP contribution in [-0.4, -0.2) is 37.7 Å². The van der Waals surface area contributed by atoms with Crippen molar-refractivity contribution in [2.24, 2.45) is 5.10 Å². The van der Waals surface area contributed by atoms with E-state index in [0.717, 1.165) is 12.1 Å². The van der Waals surface area contributed by atoms with Crippen LogP contribution in [0.2, 0.25) is 0 Å². The Morgan fingerprint density at radius 2 is 1.48 bits per heavy atom. The molecule has 2 amide bonds. The van der Waals surface area contributed by atoms with E-state index in [1.54, 1.807) is 48.5 Å². The number of hydrazone groups is 1. The molecular weight excluding hydrogens is 429 g/mol. The number of carbonyl (C=O) groups is 3. The molecular formula is C24H20FN3O5. The Labute approximate surface area is 189 Å². The number of rotatable bonds is 8. The molecule has 0 bridgehead atoms. The lowest BCUT2D eigenvalue weighted by Crippen LogP contribution is -2.34. The number of benzene rings is 3. The molecule has 0 unspecified atom stereocenters. The van der Waals surface area contributed by atoms with Gasteiger partial charge in [-0.3, -0.25) is 9.59 Å². The quantitative estimate of drug-likeness (QED) is 0.238. The number of hydrogen-bond acceptors (Lipinski definition) is 6. The van der Waals surface area contributed by atoms with E-state index < -0.39 is 23.6 Å². The first kappa shape index (κ1) is 23.1. The van der Waals surface area contributed by atoms with Gasteiger partial charge < -0.3 is 14.8 Å². The van der Waals surface area contributed by atoms with Crippen molar-refractivity contribution in [1.82, 2.24) is 10.7 Å². The molecule has 2 N–H and O–H groups in total. The SMILES string of the molecule is COc1ccc(C(=O)Oc2ccc(/C=N\NC(=O)CNC(=O)c3ccc(F)cc3)cc2)cc1. The van der Waals surface area contributed by atoms with E-state index in [0.29, 0.717) is 22.6 Å². The Morgan fingerprint density at radius 1 is 0.879 bits per heavy atom. The Bertz CT molecular complexity index is 1140. The van der Waals surface area contributed by atoms with Crippen LogP contribution in [0.5, 0.6) is 11.5 Å². The smallest absolute Gasteiger partial charge is 0.343 e. The van der Waals surface area contributed by atoms with Gasteiger partial charge in [0.15, 0.2) is 0 Å². The van der Waals surface area contributed by atoms with E-state index in [1.165, 1.54) is 25.5 Å². The fourth-order valence-corrected chi connectivity index (χ4v) is 2.60. The highest BCUT2D eigenvalue weighted by atomic mass is 19.1. The monoisotopic (exact) mass is 449 g/mol. The predicted molar refractivity (Wildman–Crippen MR) is 119 cm³/mol. The fraction of sp³-hybridized carbons (Fsp3) is 0.0833. The summed E-state index contributed by atoms with van der Waals surface area (Å²) in [6.07, 6.45) is 1.40. The van der Waals surface area contributed by atoms with E-state index >= 15 is 0 Å². The van der Waals surface area contributed by atoms with Gasteiger partial charge in [0.1, 0.15) is 17.3 Å². The highest BCUT2D eigenvalue weighted by molar-refractivity contribution is 5.96. The minimum absolute atomic E-state index is 0.237. The van der Waals surface area contributed by atoms with Crippen LogP contribution in [0, 0.1) is 5.82 Å².